The molecule has 4 N–H and O–H groups in total. The molecule has 0 aromatic heterocycles. The highest BCUT2D eigenvalue weighted by molar-refractivity contribution is 5.90. The Morgan fingerprint density at radius 1 is 0.794 bits per heavy atom. The second-order valence-electron chi connectivity index (χ2n) is 8.47. The standard InChI is InChI=1S/C27H37N3O4/c1-2-3-4-5-6-13-18-23(25(28)31)29-26(32)24(19-21-14-9-7-10-15-21)30-27(33)34-20-22-16-11-8-12-17-22/h7-12,14-17,23-24H,2-6,13,18-20H2,1H3,(H2,28,31)(H,29,32)(H,30,33)/t23-,24-/m0/s1. The van der Waals surface area contributed by atoms with E-state index in [0.29, 0.717) is 6.42 Å². The summed E-state index contributed by atoms with van der Waals surface area (Å²) >= 11 is 0. The predicted molar refractivity (Wildman–Crippen MR) is 133 cm³/mol. The van der Waals surface area contributed by atoms with Gasteiger partial charge in [-0.15, -0.1) is 0 Å². The number of hydrogen-bond acceptors (Lipinski definition) is 4. The van der Waals surface area contributed by atoms with E-state index in [0.717, 1.165) is 36.8 Å². The molecule has 2 rings (SSSR count). The molecule has 0 radical (unpaired) electrons. The number of ether oxygens (including phenoxy) is 1. The van der Waals surface area contributed by atoms with Crippen molar-refractivity contribution in [2.75, 3.05) is 0 Å². The van der Waals surface area contributed by atoms with Crippen LogP contribution in [0.15, 0.2) is 60.7 Å². The Balaban J connectivity index is 1.96. The van der Waals surface area contributed by atoms with E-state index in [4.69, 9.17) is 10.5 Å². The lowest BCUT2D eigenvalue weighted by atomic mass is 10.0. The van der Waals surface area contributed by atoms with Crippen molar-refractivity contribution in [1.29, 1.82) is 0 Å². The van der Waals surface area contributed by atoms with E-state index in [1.807, 2.05) is 60.7 Å². The summed E-state index contributed by atoms with van der Waals surface area (Å²) in [5.74, 6) is -1.04. The van der Waals surface area contributed by atoms with Crippen molar-refractivity contribution in [3.8, 4) is 0 Å². The normalized spacial score (nSPS) is 12.4. The van der Waals surface area contributed by atoms with Crippen LogP contribution >= 0.6 is 0 Å². The molecule has 2 atom stereocenters. The molecule has 0 aliphatic heterocycles. The van der Waals surface area contributed by atoms with Crippen LogP contribution in [-0.4, -0.2) is 30.0 Å². The van der Waals surface area contributed by atoms with E-state index in [2.05, 4.69) is 17.6 Å². The quantitative estimate of drug-likeness (QED) is 0.340. The average Bonchev–Trinajstić information content (AvgIpc) is 2.84. The second kappa shape index (κ2) is 15.5. The van der Waals surface area contributed by atoms with Gasteiger partial charge in [-0.1, -0.05) is 106 Å². The zero-order valence-electron chi connectivity index (χ0n) is 20.0. The highest BCUT2D eigenvalue weighted by atomic mass is 16.5. The van der Waals surface area contributed by atoms with Crippen molar-refractivity contribution in [3.05, 3.63) is 71.8 Å². The summed E-state index contributed by atoms with van der Waals surface area (Å²) in [5, 5.41) is 5.38. The number of amides is 3. The van der Waals surface area contributed by atoms with Gasteiger partial charge in [0.15, 0.2) is 0 Å². The fraction of sp³-hybridized carbons (Fsp3) is 0.444. The molecule has 0 aliphatic rings. The summed E-state index contributed by atoms with van der Waals surface area (Å²) < 4.78 is 5.29. The molecular weight excluding hydrogens is 430 g/mol. The van der Waals surface area contributed by atoms with Gasteiger partial charge < -0.3 is 21.1 Å². The maximum Gasteiger partial charge on any atom is 0.408 e. The van der Waals surface area contributed by atoms with Crippen LogP contribution in [0.1, 0.15) is 63.0 Å². The molecule has 7 nitrogen and oxygen atoms in total. The summed E-state index contributed by atoms with van der Waals surface area (Å²) in [5.41, 5.74) is 7.26. The number of primary amides is 1. The lowest BCUT2D eigenvalue weighted by Gasteiger charge is -2.22. The molecule has 0 heterocycles. The van der Waals surface area contributed by atoms with Gasteiger partial charge in [-0.3, -0.25) is 9.59 Å². The van der Waals surface area contributed by atoms with Crippen molar-refractivity contribution in [3.63, 3.8) is 0 Å². The minimum Gasteiger partial charge on any atom is -0.445 e. The first kappa shape index (κ1) is 26.9. The van der Waals surface area contributed by atoms with E-state index in [1.54, 1.807) is 0 Å². The first-order chi connectivity index (χ1) is 16.5. The van der Waals surface area contributed by atoms with Gasteiger partial charge in [-0.05, 0) is 17.5 Å². The van der Waals surface area contributed by atoms with Gasteiger partial charge in [-0.2, -0.15) is 0 Å². The maximum absolute atomic E-state index is 13.1. The summed E-state index contributed by atoms with van der Waals surface area (Å²) in [7, 11) is 0. The number of carbonyl (C=O) groups excluding carboxylic acids is 3. The van der Waals surface area contributed by atoms with Gasteiger partial charge in [-0.25, -0.2) is 4.79 Å². The molecular formula is C27H37N3O4. The van der Waals surface area contributed by atoms with Gasteiger partial charge in [0.05, 0.1) is 0 Å². The summed E-state index contributed by atoms with van der Waals surface area (Å²) in [6.45, 7) is 2.25. The van der Waals surface area contributed by atoms with Gasteiger partial charge in [0.2, 0.25) is 11.8 Å². The SMILES string of the molecule is CCCCCCCC[C@H](NC(=O)[C@H](Cc1ccccc1)NC(=O)OCc1ccccc1)C(N)=O. The van der Waals surface area contributed by atoms with Crippen molar-refractivity contribution in [2.45, 2.75) is 77.0 Å². The fourth-order valence-electron chi connectivity index (χ4n) is 3.65. The van der Waals surface area contributed by atoms with E-state index in [9.17, 15) is 14.4 Å². The van der Waals surface area contributed by atoms with Crippen LogP contribution in [0.3, 0.4) is 0 Å². The van der Waals surface area contributed by atoms with Crippen LogP contribution in [0.5, 0.6) is 0 Å². The molecule has 184 valence electrons. The summed E-state index contributed by atoms with van der Waals surface area (Å²) in [6, 6.07) is 17.0. The van der Waals surface area contributed by atoms with Gasteiger partial charge in [0.1, 0.15) is 18.7 Å². The van der Waals surface area contributed by atoms with E-state index in [-0.39, 0.29) is 13.0 Å². The van der Waals surface area contributed by atoms with Crippen molar-refractivity contribution >= 4 is 17.9 Å². The number of carbonyl (C=O) groups is 3. The van der Waals surface area contributed by atoms with Crippen molar-refractivity contribution in [1.82, 2.24) is 10.6 Å². The monoisotopic (exact) mass is 467 g/mol. The Labute approximate surface area is 202 Å². The van der Waals surface area contributed by atoms with Gasteiger partial charge in [0, 0.05) is 6.42 Å². The molecule has 0 saturated carbocycles. The van der Waals surface area contributed by atoms with Crippen LogP contribution in [0.4, 0.5) is 4.79 Å². The summed E-state index contributed by atoms with van der Waals surface area (Å²) in [6.07, 6.45) is 6.44. The molecule has 7 heteroatoms. The first-order valence-electron chi connectivity index (χ1n) is 12.1. The highest BCUT2D eigenvalue weighted by Crippen LogP contribution is 2.10. The van der Waals surface area contributed by atoms with Crippen molar-refractivity contribution < 1.29 is 19.1 Å². The Bertz CT molecular complexity index is 874. The second-order valence-corrected chi connectivity index (χ2v) is 8.47. The number of rotatable bonds is 15. The molecule has 0 spiro atoms. The fourth-order valence-corrected chi connectivity index (χ4v) is 3.65. The van der Waals surface area contributed by atoms with Crippen LogP contribution < -0.4 is 16.4 Å². The van der Waals surface area contributed by atoms with Crippen LogP contribution in [-0.2, 0) is 27.4 Å². The lowest BCUT2D eigenvalue weighted by molar-refractivity contribution is -0.128. The van der Waals surface area contributed by atoms with Crippen LogP contribution in [0.2, 0.25) is 0 Å². The third kappa shape index (κ3) is 10.5. The Hall–Kier alpha value is -3.35. The topological polar surface area (TPSA) is 111 Å². The van der Waals surface area contributed by atoms with E-state index < -0.39 is 30.0 Å². The number of nitrogens with two attached hydrogens (primary N) is 1. The van der Waals surface area contributed by atoms with Crippen LogP contribution in [0.25, 0.3) is 0 Å². The van der Waals surface area contributed by atoms with Gasteiger partial charge >= 0.3 is 6.09 Å². The molecule has 0 bridgehead atoms. The molecule has 0 saturated heterocycles. The van der Waals surface area contributed by atoms with E-state index >= 15 is 0 Å². The average molecular weight is 468 g/mol. The number of nitrogens with one attached hydrogen (secondary N) is 2. The van der Waals surface area contributed by atoms with Crippen molar-refractivity contribution in [2.24, 2.45) is 5.73 Å². The third-order valence-corrected chi connectivity index (χ3v) is 5.61. The van der Waals surface area contributed by atoms with E-state index in [1.165, 1.54) is 12.8 Å². The summed E-state index contributed by atoms with van der Waals surface area (Å²) in [4.78, 5) is 37.4. The predicted octanol–water partition coefficient (Wildman–Crippen LogP) is 4.24. The first-order valence-corrected chi connectivity index (χ1v) is 12.1. The minimum absolute atomic E-state index is 0.0916. The Kier molecular flexibility index (Phi) is 12.2. The molecule has 0 aliphatic carbocycles. The van der Waals surface area contributed by atoms with Gasteiger partial charge in [0.25, 0.3) is 0 Å². The minimum atomic E-state index is -0.905. The molecule has 2 aromatic carbocycles. The number of benzene rings is 2. The zero-order chi connectivity index (χ0) is 24.6. The Morgan fingerprint density at radius 2 is 1.38 bits per heavy atom. The number of alkyl carbamates (subject to hydrolysis) is 1. The maximum atomic E-state index is 13.1. The smallest absolute Gasteiger partial charge is 0.408 e. The zero-order valence-corrected chi connectivity index (χ0v) is 20.0. The molecule has 0 fully saturated rings. The lowest BCUT2D eigenvalue weighted by Crippen LogP contribution is -2.53. The molecule has 0 unspecified atom stereocenters. The third-order valence-electron chi connectivity index (χ3n) is 5.61. The number of hydrogen-bond donors (Lipinski definition) is 3. The highest BCUT2D eigenvalue weighted by Gasteiger charge is 2.26. The number of unbranched alkanes of at least 4 members (excludes halogenated alkanes) is 5. The Morgan fingerprint density at radius 3 is 2.00 bits per heavy atom. The van der Waals surface area contributed by atoms with Crippen LogP contribution in [0, 0.1) is 0 Å². The molecule has 3 amide bonds. The molecule has 2 aromatic rings. The molecule has 34 heavy (non-hydrogen) atoms. The largest absolute Gasteiger partial charge is 0.445 e.